The molecule has 8 bridgehead atoms. The van der Waals surface area contributed by atoms with Crippen LogP contribution in [0, 0.1) is 0 Å². The van der Waals surface area contributed by atoms with Crippen LogP contribution in [0.3, 0.4) is 0 Å². The molecule has 8 nitrogen and oxygen atoms in total. The molecule has 232 valence electrons. The van der Waals surface area contributed by atoms with Gasteiger partial charge in [0, 0.05) is 81.5 Å². The Kier molecular flexibility index (Phi) is 6.76. The maximum Gasteiger partial charge on any atom is 0.115 e. The largest absolute Gasteiger partial charge is 0.508 e. The summed E-state index contributed by atoms with van der Waals surface area (Å²) in [7, 11) is 0. The standard InChI is InChI=1S/C41H27N7O/c49-29-3-1-25(2-4-29)38-30-5-7-32(45-30)39(26-13-19-42-20-14-26)34-9-11-36(47-34)41(28-17-23-44-24-18-28)37-12-10-35(48-37)40(27-15-21-43-22-16-27)33-8-6-31(38)46-33/h1-24,45,48-49H. The second-order valence-corrected chi connectivity index (χ2v) is 11.8. The van der Waals surface area contributed by atoms with Gasteiger partial charge in [-0.2, -0.15) is 0 Å². The van der Waals surface area contributed by atoms with Gasteiger partial charge in [-0.3, -0.25) is 15.0 Å². The third-order valence-electron chi connectivity index (χ3n) is 8.82. The summed E-state index contributed by atoms with van der Waals surface area (Å²) in [5.41, 5.74) is 14.5. The highest BCUT2D eigenvalue weighted by Gasteiger charge is 2.18. The van der Waals surface area contributed by atoms with Crippen LogP contribution in [-0.4, -0.2) is 40.0 Å². The van der Waals surface area contributed by atoms with E-state index in [-0.39, 0.29) is 5.75 Å². The molecule has 3 N–H and O–H groups in total. The summed E-state index contributed by atoms with van der Waals surface area (Å²) < 4.78 is 0. The first-order valence-electron chi connectivity index (χ1n) is 15.9. The molecule has 2 aliphatic heterocycles. The van der Waals surface area contributed by atoms with Gasteiger partial charge in [0.2, 0.25) is 0 Å². The maximum absolute atomic E-state index is 10.2. The number of nitrogens with one attached hydrogen (secondary N) is 2. The fourth-order valence-electron chi connectivity index (χ4n) is 6.60. The van der Waals surface area contributed by atoms with E-state index in [1.165, 1.54) is 0 Å². The van der Waals surface area contributed by atoms with E-state index in [2.05, 4.69) is 67.4 Å². The van der Waals surface area contributed by atoms with Crippen LogP contribution in [0.4, 0.5) is 0 Å². The number of pyridine rings is 3. The minimum absolute atomic E-state index is 0.200. The Morgan fingerprint density at radius 1 is 0.347 bits per heavy atom. The Morgan fingerprint density at radius 2 is 0.633 bits per heavy atom. The van der Waals surface area contributed by atoms with Gasteiger partial charge in [-0.25, -0.2) is 9.97 Å². The van der Waals surface area contributed by atoms with Crippen LogP contribution in [0.2, 0.25) is 0 Å². The van der Waals surface area contributed by atoms with Crippen LogP contribution in [0.25, 0.3) is 90.9 Å². The Morgan fingerprint density at radius 3 is 0.939 bits per heavy atom. The molecular weight excluding hydrogens is 606 g/mol. The van der Waals surface area contributed by atoms with Gasteiger partial charge in [-0.15, -0.1) is 0 Å². The third-order valence-corrected chi connectivity index (χ3v) is 8.82. The predicted octanol–water partition coefficient (Wildman–Crippen LogP) is 9.21. The first-order valence-corrected chi connectivity index (χ1v) is 15.9. The maximum atomic E-state index is 10.2. The molecule has 0 atom stereocenters. The first kappa shape index (κ1) is 28.3. The van der Waals surface area contributed by atoms with E-state index in [1.807, 2.05) is 54.6 Å². The number of nitrogens with zero attached hydrogens (tertiary/aromatic N) is 5. The fraction of sp³-hybridized carbons (Fsp3) is 0. The lowest BCUT2D eigenvalue weighted by atomic mass is 10.0. The molecule has 0 spiro atoms. The monoisotopic (exact) mass is 633 g/mol. The molecule has 0 unspecified atom stereocenters. The average Bonchev–Trinajstić information content (AvgIpc) is 3.98. The summed E-state index contributed by atoms with van der Waals surface area (Å²) in [6, 6.07) is 27.6. The van der Waals surface area contributed by atoms with E-state index in [4.69, 9.17) is 9.97 Å². The van der Waals surface area contributed by atoms with E-state index in [1.54, 1.807) is 49.3 Å². The van der Waals surface area contributed by atoms with Gasteiger partial charge in [-0.1, -0.05) is 12.1 Å². The number of aromatic amines is 2. The molecule has 1 aromatic carbocycles. The van der Waals surface area contributed by atoms with E-state index >= 15 is 0 Å². The van der Waals surface area contributed by atoms with E-state index in [0.29, 0.717) is 0 Å². The van der Waals surface area contributed by atoms with Gasteiger partial charge >= 0.3 is 0 Å². The quantitative estimate of drug-likeness (QED) is 0.178. The van der Waals surface area contributed by atoms with Crippen LogP contribution in [0.1, 0.15) is 22.8 Å². The number of H-pyrrole nitrogens is 2. The Bertz CT molecular complexity index is 2550. The molecular formula is C41H27N7O. The minimum atomic E-state index is 0.200. The molecule has 0 saturated heterocycles. The van der Waals surface area contributed by atoms with Gasteiger partial charge in [0.1, 0.15) is 5.75 Å². The molecule has 49 heavy (non-hydrogen) atoms. The molecule has 0 fully saturated rings. The van der Waals surface area contributed by atoms with Gasteiger partial charge in [-0.05, 0) is 119 Å². The molecule has 9 rings (SSSR count). The second-order valence-electron chi connectivity index (χ2n) is 11.8. The summed E-state index contributed by atoms with van der Waals surface area (Å²) in [5.74, 6) is 0.200. The van der Waals surface area contributed by atoms with E-state index < -0.39 is 0 Å². The van der Waals surface area contributed by atoms with Crippen molar-refractivity contribution >= 4 is 46.4 Å². The van der Waals surface area contributed by atoms with Crippen LogP contribution in [0.15, 0.2) is 122 Å². The number of rotatable bonds is 4. The number of phenolic OH excluding ortho intramolecular Hbond substituents is 1. The minimum Gasteiger partial charge on any atom is -0.508 e. The Hall–Kier alpha value is -6.93. The molecule has 0 radical (unpaired) electrons. The molecule has 0 amide bonds. The summed E-state index contributed by atoms with van der Waals surface area (Å²) >= 11 is 0. The van der Waals surface area contributed by atoms with Gasteiger partial charge in [0.25, 0.3) is 0 Å². The highest BCUT2D eigenvalue weighted by molar-refractivity contribution is 5.99. The molecule has 2 aliphatic rings. The molecule has 8 heteroatoms. The smallest absolute Gasteiger partial charge is 0.115 e. The molecule has 0 saturated carbocycles. The van der Waals surface area contributed by atoms with E-state index in [0.717, 1.165) is 89.4 Å². The molecule has 0 aliphatic carbocycles. The lowest BCUT2D eigenvalue weighted by molar-refractivity contribution is 0.475. The van der Waals surface area contributed by atoms with Crippen molar-refractivity contribution in [3.05, 3.63) is 145 Å². The topological polar surface area (TPSA) is 116 Å². The number of benzene rings is 1. The summed E-state index contributed by atoms with van der Waals surface area (Å²) in [6.45, 7) is 0. The van der Waals surface area contributed by atoms with Crippen LogP contribution in [0.5, 0.6) is 5.75 Å². The second kappa shape index (κ2) is 11.7. The van der Waals surface area contributed by atoms with E-state index in [9.17, 15) is 5.11 Å². The predicted molar refractivity (Wildman–Crippen MR) is 196 cm³/mol. The summed E-state index contributed by atoms with van der Waals surface area (Å²) in [4.78, 5) is 30.8. The average molecular weight is 634 g/mol. The zero-order chi connectivity index (χ0) is 32.7. The van der Waals surface area contributed by atoms with Crippen molar-refractivity contribution in [2.75, 3.05) is 0 Å². The number of hydrogen-bond acceptors (Lipinski definition) is 6. The summed E-state index contributed by atoms with van der Waals surface area (Å²) in [5, 5.41) is 10.2. The van der Waals surface area contributed by atoms with Gasteiger partial charge < -0.3 is 15.1 Å². The highest BCUT2D eigenvalue weighted by atomic mass is 16.3. The Labute approximate surface area is 280 Å². The van der Waals surface area contributed by atoms with Crippen LogP contribution >= 0.6 is 0 Å². The van der Waals surface area contributed by atoms with Crippen molar-refractivity contribution in [2.45, 2.75) is 0 Å². The zero-order valence-corrected chi connectivity index (χ0v) is 26.0. The van der Waals surface area contributed by atoms with Gasteiger partial charge in [0.05, 0.1) is 22.8 Å². The first-order chi connectivity index (χ1) is 24.2. The number of aromatic nitrogens is 7. The van der Waals surface area contributed by atoms with Crippen LogP contribution in [-0.2, 0) is 0 Å². The number of hydrogen-bond donors (Lipinski definition) is 3. The third kappa shape index (κ3) is 5.08. The van der Waals surface area contributed by atoms with Gasteiger partial charge in [0.15, 0.2) is 0 Å². The van der Waals surface area contributed by atoms with Crippen molar-refractivity contribution in [3.8, 4) is 50.3 Å². The SMILES string of the molecule is Oc1ccc(-c2c3nc(c(-c4ccncc4)c4ccc([nH]4)c(-c4ccncc4)c4nc(c(-c5ccncc5)c5ccc2[nH]5)C=C4)C=C3)cc1. The lowest BCUT2D eigenvalue weighted by Crippen LogP contribution is -1.90. The summed E-state index contributed by atoms with van der Waals surface area (Å²) in [6.07, 6.45) is 19.0. The highest BCUT2D eigenvalue weighted by Crippen LogP contribution is 2.38. The molecule has 6 aromatic heterocycles. The number of fused-ring (bicyclic) bond motifs is 8. The van der Waals surface area contributed by atoms with Crippen molar-refractivity contribution in [3.63, 3.8) is 0 Å². The normalized spacial score (nSPS) is 12.0. The van der Waals surface area contributed by atoms with Crippen LogP contribution < -0.4 is 0 Å². The fourth-order valence-corrected chi connectivity index (χ4v) is 6.60. The molecule has 8 heterocycles. The van der Waals surface area contributed by atoms with Crippen molar-refractivity contribution in [2.24, 2.45) is 0 Å². The zero-order valence-electron chi connectivity index (χ0n) is 26.0. The number of phenols is 1. The van der Waals surface area contributed by atoms with Crippen molar-refractivity contribution < 1.29 is 5.11 Å². The Balaban J connectivity index is 1.48. The lowest BCUT2D eigenvalue weighted by Gasteiger charge is -2.07. The molecule has 7 aromatic rings. The van der Waals surface area contributed by atoms with Crippen molar-refractivity contribution in [1.29, 1.82) is 0 Å². The number of aromatic hydroxyl groups is 1. The van der Waals surface area contributed by atoms with Crippen molar-refractivity contribution in [1.82, 2.24) is 34.9 Å².